The molecule has 1 amide bonds. The minimum Gasteiger partial charge on any atom is -0.491 e. The molecule has 0 aliphatic carbocycles. The van der Waals surface area contributed by atoms with Gasteiger partial charge in [-0.15, -0.1) is 0 Å². The highest BCUT2D eigenvalue weighted by molar-refractivity contribution is 5.78. The summed E-state index contributed by atoms with van der Waals surface area (Å²) in [5.41, 5.74) is 5.39. The van der Waals surface area contributed by atoms with Crippen molar-refractivity contribution in [1.29, 1.82) is 0 Å². The molecule has 1 saturated heterocycles. The average molecular weight is 534 g/mol. The number of rotatable bonds is 5. The lowest BCUT2D eigenvalue weighted by atomic mass is 10.0. The standard InChI is InChI=1S/C31H36FN3O4/c32-28-6-2-4-25(19-28)21-33-31(36)23-34-9-12-38-15-16-39-30-8-7-29(35-10-13-37-14-11-35)20-27(30)18-24-3-1-5-26(17-24)22-34/h1-8,17,19-20H,9-16,18,21-23H2,(H,33,36). The number of nitrogens with one attached hydrogen (secondary N) is 1. The summed E-state index contributed by atoms with van der Waals surface area (Å²) in [6.45, 7) is 6.42. The van der Waals surface area contributed by atoms with E-state index in [1.807, 2.05) is 0 Å². The van der Waals surface area contributed by atoms with E-state index >= 15 is 0 Å². The van der Waals surface area contributed by atoms with Crippen LogP contribution in [0, 0.1) is 5.82 Å². The summed E-state index contributed by atoms with van der Waals surface area (Å²) in [6, 6.07) is 21.2. The number of benzene rings is 3. The van der Waals surface area contributed by atoms with E-state index in [9.17, 15) is 9.18 Å². The van der Waals surface area contributed by atoms with Gasteiger partial charge in [-0.1, -0.05) is 36.4 Å². The van der Waals surface area contributed by atoms with E-state index in [2.05, 4.69) is 57.6 Å². The van der Waals surface area contributed by atoms with Gasteiger partial charge in [-0.3, -0.25) is 9.69 Å². The molecule has 3 aromatic carbocycles. The number of morpholine rings is 1. The molecule has 206 valence electrons. The molecule has 2 heterocycles. The third kappa shape index (κ3) is 8.02. The highest BCUT2D eigenvalue weighted by atomic mass is 19.1. The number of halogens is 1. The van der Waals surface area contributed by atoms with Crippen molar-refractivity contribution in [2.75, 3.05) is 64.1 Å². The summed E-state index contributed by atoms with van der Waals surface area (Å²) in [5, 5.41) is 2.91. The number of fused-ring (bicyclic) bond motifs is 3. The van der Waals surface area contributed by atoms with Gasteiger partial charge in [0.2, 0.25) is 5.91 Å². The van der Waals surface area contributed by atoms with Crippen molar-refractivity contribution in [3.63, 3.8) is 0 Å². The fraction of sp³-hybridized carbons (Fsp3) is 0.387. The molecule has 0 atom stereocenters. The smallest absolute Gasteiger partial charge is 0.234 e. The topological polar surface area (TPSA) is 63.3 Å². The zero-order valence-corrected chi connectivity index (χ0v) is 22.2. The maximum absolute atomic E-state index is 13.5. The molecule has 39 heavy (non-hydrogen) atoms. The van der Waals surface area contributed by atoms with Crippen molar-refractivity contribution in [3.05, 3.63) is 94.8 Å². The summed E-state index contributed by atoms with van der Waals surface area (Å²) < 4.78 is 31.0. The number of amides is 1. The molecule has 2 bridgehead atoms. The summed E-state index contributed by atoms with van der Waals surface area (Å²) in [5.74, 6) is 0.469. The van der Waals surface area contributed by atoms with Gasteiger partial charge in [0.05, 0.1) is 33.0 Å². The molecule has 1 fully saturated rings. The van der Waals surface area contributed by atoms with Gasteiger partial charge in [-0.2, -0.15) is 0 Å². The van der Waals surface area contributed by atoms with Gasteiger partial charge < -0.3 is 24.4 Å². The quantitative estimate of drug-likeness (QED) is 0.539. The minimum atomic E-state index is -0.308. The number of anilines is 1. The molecular weight excluding hydrogens is 497 g/mol. The van der Waals surface area contributed by atoms with Gasteiger partial charge in [0, 0.05) is 50.4 Å². The molecule has 5 rings (SSSR count). The zero-order chi connectivity index (χ0) is 26.9. The highest BCUT2D eigenvalue weighted by Gasteiger charge is 2.16. The second-order valence-electron chi connectivity index (χ2n) is 9.97. The Kier molecular flexibility index (Phi) is 9.43. The van der Waals surface area contributed by atoms with Crippen LogP contribution in [0.3, 0.4) is 0 Å². The minimum absolute atomic E-state index is 0.107. The molecule has 7 nitrogen and oxygen atoms in total. The molecule has 2 aliphatic rings. The van der Waals surface area contributed by atoms with Crippen molar-refractivity contribution in [3.8, 4) is 5.75 Å². The van der Waals surface area contributed by atoms with Gasteiger partial charge in [-0.05, 0) is 47.0 Å². The Labute approximate surface area is 229 Å². The van der Waals surface area contributed by atoms with E-state index < -0.39 is 0 Å². The predicted molar refractivity (Wildman–Crippen MR) is 149 cm³/mol. The Morgan fingerprint density at radius 2 is 1.64 bits per heavy atom. The van der Waals surface area contributed by atoms with Crippen molar-refractivity contribution >= 4 is 11.6 Å². The van der Waals surface area contributed by atoms with E-state index in [1.54, 1.807) is 12.1 Å². The van der Waals surface area contributed by atoms with Crippen LogP contribution in [0.25, 0.3) is 0 Å². The third-order valence-electron chi connectivity index (χ3n) is 7.00. The Bertz CT molecular complexity index is 1250. The molecule has 0 saturated carbocycles. The van der Waals surface area contributed by atoms with Gasteiger partial charge in [0.15, 0.2) is 0 Å². The number of nitrogens with zero attached hydrogens (tertiary/aromatic N) is 2. The number of carbonyl (C=O) groups excluding carboxylic acids is 1. The summed E-state index contributed by atoms with van der Waals surface area (Å²) in [7, 11) is 0. The van der Waals surface area contributed by atoms with Crippen LogP contribution in [0.2, 0.25) is 0 Å². The van der Waals surface area contributed by atoms with Gasteiger partial charge >= 0.3 is 0 Å². The molecule has 3 aromatic rings. The Balaban J connectivity index is 1.29. The van der Waals surface area contributed by atoms with E-state index in [0.717, 1.165) is 55.2 Å². The maximum Gasteiger partial charge on any atom is 0.234 e. The first kappa shape index (κ1) is 27.1. The van der Waals surface area contributed by atoms with Crippen LogP contribution in [0.4, 0.5) is 10.1 Å². The molecule has 8 heteroatoms. The molecule has 2 aliphatic heterocycles. The summed E-state index contributed by atoms with van der Waals surface area (Å²) in [6.07, 6.45) is 0.746. The molecule has 0 spiro atoms. The van der Waals surface area contributed by atoms with Crippen molar-refractivity contribution in [2.45, 2.75) is 19.5 Å². The normalized spacial score (nSPS) is 17.0. The second kappa shape index (κ2) is 13.6. The van der Waals surface area contributed by atoms with Gasteiger partial charge in [-0.25, -0.2) is 4.39 Å². The number of hydrogen-bond acceptors (Lipinski definition) is 6. The first-order valence-corrected chi connectivity index (χ1v) is 13.6. The SMILES string of the molecule is O=C(CN1CCOCCOc2ccc(N3CCOCC3)cc2Cc2cccc(c2)C1)NCc1cccc(F)c1. The number of ether oxygens (including phenoxy) is 3. The fourth-order valence-electron chi connectivity index (χ4n) is 5.01. The lowest BCUT2D eigenvalue weighted by Gasteiger charge is -2.29. The number of carbonyl (C=O) groups is 1. The maximum atomic E-state index is 13.5. The van der Waals surface area contributed by atoms with Crippen LogP contribution >= 0.6 is 0 Å². The van der Waals surface area contributed by atoms with Crippen molar-refractivity contribution < 1.29 is 23.4 Å². The molecule has 0 unspecified atom stereocenters. The van der Waals surface area contributed by atoms with Crippen LogP contribution in [-0.2, 0) is 33.8 Å². The first-order valence-electron chi connectivity index (χ1n) is 13.6. The Morgan fingerprint density at radius 3 is 2.51 bits per heavy atom. The lowest BCUT2D eigenvalue weighted by molar-refractivity contribution is -0.122. The average Bonchev–Trinajstić information content (AvgIpc) is 2.94. The Morgan fingerprint density at radius 1 is 0.846 bits per heavy atom. The zero-order valence-electron chi connectivity index (χ0n) is 22.2. The van der Waals surface area contributed by atoms with E-state index in [0.29, 0.717) is 39.5 Å². The summed E-state index contributed by atoms with van der Waals surface area (Å²) in [4.78, 5) is 17.2. The fourth-order valence-corrected chi connectivity index (χ4v) is 5.01. The molecule has 0 aromatic heterocycles. The van der Waals surface area contributed by atoms with Crippen LogP contribution in [0.1, 0.15) is 22.3 Å². The van der Waals surface area contributed by atoms with Crippen LogP contribution in [0.15, 0.2) is 66.7 Å². The van der Waals surface area contributed by atoms with Crippen LogP contribution in [-0.4, -0.2) is 70.0 Å². The number of hydrogen-bond donors (Lipinski definition) is 1. The van der Waals surface area contributed by atoms with E-state index in [4.69, 9.17) is 14.2 Å². The van der Waals surface area contributed by atoms with E-state index in [1.165, 1.54) is 23.4 Å². The van der Waals surface area contributed by atoms with Gasteiger partial charge in [0.1, 0.15) is 18.2 Å². The van der Waals surface area contributed by atoms with Crippen molar-refractivity contribution in [2.24, 2.45) is 0 Å². The second-order valence-corrected chi connectivity index (χ2v) is 9.97. The lowest BCUT2D eigenvalue weighted by Crippen LogP contribution is -2.38. The monoisotopic (exact) mass is 533 g/mol. The van der Waals surface area contributed by atoms with Crippen molar-refractivity contribution in [1.82, 2.24) is 10.2 Å². The largest absolute Gasteiger partial charge is 0.491 e. The first-order chi connectivity index (χ1) is 19.1. The molecule has 1 N–H and O–H groups in total. The van der Waals surface area contributed by atoms with Gasteiger partial charge in [0.25, 0.3) is 0 Å². The van der Waals surface area contributed by atoms with Crippen LogP contribution < -0.4 is 15.0 Å². The Hall–Kier alpha value is -3.46. The highest BCUT2D eigenvalue weighted by Crippen LogP contribution is 2.28. The molecule has 0 radical (unpaired) electrons. The molecular formula is C31H36FN3O4. The summed E-state index contributed by atoms with van der Waals surface area (Å²) >= 11 is 0. The van der Waals surface area contributed by atoms with Crippen LogP contribution in [0.5, 0.6) is 5.75 Å². The third-order valence-corrected chi connectivity index (χ3v) is 7.00. The van der Waals surface area contributed by atoms with E-state index in [-0.39, 0.29) is 18.3 Å². The predicted octanol–water partition coefficient (Wildman–Crippen LogP) is 3.78.